The van der Waals surface area contributed by atoms with E-state index in [9.17, 15) is 32.8 Å². The van der Waals surface area contributed by atoms with Crippen molar-refractivity contribution < 1.29 is 37.0 Å². The molecule has 0 aliphatic carbocycles. The highest BCUT2D eigenvalue weighted by molar-refractivity contribution is 6.10. The summed E-state index contributed by atoms with van der Waals surface area (Å²) in [6, 6.07) is 7.66. The second-order valence-electron chi connectivity index (χ2n) is 11.8. The summed E-state index contributed by atoms with van der Waals surface area (Å²) in [7, 11) is 1.39. The van der Waals surface area contributed by atoms with Crippen molar-refractivity contribution in [2.45, 2.75) is 51.9 Å². The number of aliphatic imine (C=N–C) groups is 1. The summed E-state index contributed by atoms with van der Waals surface area (Å²) in [5, 5.41) is 9.44. The maximum absolute atomic E-state index is 13.5. The molecule has 0 N–H and O–H groups in total. The van der Waals surface area contributed by atoms with Crippen molar-refractivity contribution in [3.63, 3.8) is 0 Å². The second kappa shape index (κ2) is 9.73. The number of hydrogen-bond acceptors (Lipinski definition) is 7. The van der Waals surface area contributed by atoms with E-state index in [0.29, 0.717) is 30.0 Å². The molecule has 5 aliphatic heterocycles. The molecule has 41 heavy (non-hydrogen) atoms. The quantitative estimate of drug-likeness (QED) is 0.514. The average molecular weight is 572 g/mol. The molecule has 3 amide bonds. The Hall–Kier alpha value is -4.18. The number of carbonyl (C=O) groups excluding carboxylic acids is 3. The first kappa shape index (κ1) is 28.4. The van der Waals surface area contributed by atoms with E-state index in [-0.39, 0.29) is 36.1 Å². The number of allylic oxidation sites excluding steroid dienone is 2. The molecule has 0 spiro atoms. The van der Waals surface area contributed by atoms with Crippen molar-refractivity contribution in [2.75, 3.05) is 26.7 Å². The van der Waals surface area contributed by atoms with Crippen LogP contribution >= 0.6 is 0 Å². The topological polar surface area (TPSA) is 108 Å². The monoisotopic (exact) mass is 571 g/mol. The van der Waals surface area contributed by atoms with Crippen LogP contribution in [0.4, 0.5) is 18.0 Å². The van der Waals surface area contributed by atoms with Crippen molar-refractivity contribution >= 4 is 23.7 Å². The van der Waals surface area contributed by atoms with E-state index in [1.165, 1.54) is 13.1 Å². The smallest absolute Gasteiger partial charge is 0.329 e. The van der Waals surface area contributed by atoms with Crippen LogP contribution in [0.5, 0.6) is 0 Å². The van der Waals surface area contributed by atoms with E-state index in [1.807, 2.05) is 4.90 Å². The lowest BCUT2D eigenvalue weighted by Gasteiger charge is -2.49. The van der Waals surface area contributed by atoms with Crippen LogP contribution in [0.2, 0.25) is 0 Å². The molecule has 3 unspecified atom stereocenters. The van der Waals surface area contributed by atoms with E-state index in [0.717, 1.165) is 17.7 Å². The highest BCUT2D eigenvalue weighted by Crippen LogP contribution is 2.39. The minimum absolute atomic E-state index is 0.0425. The maximum Gasteiger partial charge on any atom is 0.529 e. The lowest BCUT2D eigenvalue weighted by Crippen LogP contribution is -2.64. The van der Waals surface area contributed by atoms with Gasteiger partial charge in [-0.25, -0.2) is 9.63 Å². The van der Waals surface area contributed by atoms with E-state index < -0.39 is 28.2 Å². The Morgan fingerprint density at radius 2 is 1.80 bits per heavy atom. The standard InChI is InChI=1S/C28H30F3N6O4/c1-27(2,3)16-37(41-25(39)28(29,30)31)21-11-12-22(33-23(21)34(4)26(37)40)35-14-19-10-9-18(35)15-36(19)24(38)20-8-6-5-7-17(20)13-32/h5-8,11-12,18-19H,9-10,14-16H2,1-4H3/q+2. The number of nitrogens with zero attached hydrogens (tertiary/aromatic N) is 6. The van der Waals surface area contributed by atoms with Crippen molar-refractivity contribution in [1.82, 2.24) is 19.7 Å². The van der Waals surface area contributed by atoms with Crippen LogP contribution in [0.3, 0.4) is 0 Å². The summed E-state index contributed by atoms with van der Waals surface area (Å²) in [4.78, 5) is 53.4. The summed E-state index contributed by atoms with van der Waals surface area (Å²) in [6.45, 7) is 5.82. The van der Waals surface area contributed by atoms with Gasteiger partial charge in [0.15, 0.2) is 0 Å². The Labute approximate surface area is 235 Å². The van der Waals surface area contributed by atoms with Crippen LogP contribution in [0, 0.1) is 16.7 Å². The molecule has 5 aliphatic rings. The number of alkyl halides is 3. The Morgan fingerprint density at radius 3 is 2.41 bits per heavy atom. The van der Waals surface area contributed by atoms with E-state index in [1.54, 1.807) is 56.0 Å². The Balaban J connectivity index is 1.44. The minimum atomic E-state index is -5.29. The Kier molecular flexibility index (Phi) is 6.73. The number of hydroxylamine groups is 3. The number of piperazine rings is 1. The highest BCUT2D eigenvalue weighted by atomic mass is 19.4. The fraction of sp³-hybridized carbons (Fsp3) is 0.464. The molecular weight excluding hydrogens is 541 g/mol. The zero-order valence-electron chi connectivity index (χ0n) is 23.1. The Bertz CT molecular complexity index is 1450. The second-order valence-corrected chi connectivity index (χ2v) is 11.8. The van der Waals surface area contributed by atoms with E-state index >= 15 is 0 Å². The highest BCUT2D eigenvalue weighted by Gasteiger charge is 2.67. The molecule has 3 atom stereocenters. The molecule has 4 fully saturated rings. The molecular formula is C28H30F3N6O4+2. The fourth-order valence-electron chi connectivity index (χ4n) is 5.97. The number of piperidine rings is 2. The molecule has 13 heteroatoms. The predicted octanol–water partition coefficient (Wildman–Crippen LogP) is 3.27. The van der Waals surface area contributed by atoms with Gasteiger partial charge in [-0.2, -0.15) is 28.1 Å². The number of urea groups is 1. The lowest BCUT2D eigenvalue weighted by atomic mass is 9.89. The Morgan fingerprint density at radius 1 is 1.12 bits per heavy atom. The molecule has 10 nitrogen and oxygen atoms in total. The molecule has 0 saturated carbocycles. The van der Waals surface area contributed by atoms with Crippen LogP contribution < -0.4 is 4.99 Å². The third kappa shape index (κ3) is 4.86. The molecule has 1 aromatic carbocycles. The third-order valence-electron chi connectivity index (χ3n) is 7.67. The molecule has 215 valence electrons. The molecule has 2 bridgehead atoms. The van der Waals surface area contributed by atoms with Crippen LogP contribution in [0.25, 0.3) is 0 Å². The number of likely N-dealkylation sites (N-methyl/N-ethyl adjacent to an activating group) is 1. The van der Waals surface area contributed by atoms with Gasteiger partial charge in [0.2, 0.25) is 0 Å². The first-order valence-electron chi connectivity index (χ1n) is 13.2. The van der Waals surface area contributed by atoms with Gasteiger partial charge in [0, 0.05) is 22.2 Å². The predicted molar refractivity (Wildman–Crippen MR) is 139 cm³/mol. The number of halogens is 3. The molecule has 4 saturated heterocycles. The van der Waals surface area contributed by atoms with Crippen LogP contribution in [-0.2, 0) is 9.63 Å². The van der Waals surface area contributed by atoms with Crippen LogP contribution in [-0.4, -0.2) is 88.0 Å². The molecule has 0 aromatic heterocycles. The van der Waals surface area contributed by atoms with Crippen molar-refractivity contribution in [2.24, 2.45) is 5.41 Å². The minimum Gasteiger partial charge on any atom is -0.329 e. The summed E-state index contributed by atoms with van der Waals surface area (Å²) < 4.78 is 38.5. The third-order valence-corrected chi connectivity index (χ3v) is 7.67. The summed E-state index contributed by atoms with van der Waals surface area (Å²) in [5.41, 5.74) is 0.00784. The van der Waals surface area contributed by atoms with Gasteiger partial charge in [-0.05, 0) is 25.0 Å². The number of carbonyl (C=O) groups is 3. The van der Waals surface area contributed by atoms with Gasteiger partial charge in [-0.1, -0.05) is 37.9 Å². The number of rotatable bonds is 4. The molecule has 5 heterocycles. The average Bonchev–Trinajstić information content (AvgIpc) is 3.12. The van der Waals surface area contributed by atoms with Gasteiger partial charge in [0.05, 0.1) is 49.4 Å². The number of amidine groups is 1. The lowest BCUT2D eigenvalue weighted by molar-refractivity contribution is -0.992. The van der Waals surface area contributed by atoms with E-state index in [4.69, 9.17) is 4.84 Å². The van der Waals surface area contributed by atoms with Crippen molar-refractivity contribution in [3.05, 3.63) is 59.1 Å². The van der Waals surface area contributed by atoms with Crippen LogP contribution in [0.1, 0.15) is 49.5 Å². The van der Waals surface area contributed by atoms with Crippen molar-refractivity contribution in [3.8, 4) is 6.07 Å². The first-order valence-corrected chi connectivity index (χ1v) is 13.2. The zero-order valence-corrected chi connectivity index (χ0v) is 23.1. The van der Waals surface area contributed by atoms with Gasteiger partial charge in [-0.3, -0.25) is 9.69 Å². The first-order chi connectivity index (χ1) is 19.2. The van der Waals surface area contributed by atoms with Crippen molar-refractivity contribution in [1.29, 1.82) is 5.26 Å². The van der Waals surface area contributed by atoms with Gasteiger partial charge in [0.1, 0.15) is 6.54 Å². The van der Waals surface area contributed by atoms with Crippen LogP contribution in [0.15, 0.2) is 47.9 Å². The van der Waals surface area contributed by atoms with Gasteiger partial charge in [0.25, 0.3) is 17.4 Å². The van der Waals surface area contributed by atoms with Gasteiger partial charge >= 0.3 is 24.0 Å². The number of quaternary nitrogens is 1. The number of nitriles is 1. The fourth-order valence-corrected chi connectivity index (χ4v) is 5.97. The maximum atomic E-state index is 13.5. The van der Waals surface area contributed by atoms with Gasteiger partial charge in [-0.15, -0.1) is 0 Å². The molecule has 6 rings (SSSR count). The summed E-state index contributed by atoms with van der Waals surface area (Å²) in [5.74, 6) is -2.07. The van der Waals surface area contributed by atoms with Gasteiger partial charge < -0.3 is 4.90 Å². The number of amides is 3. The normalized spacial score (nSPS) is 25.8. The number of fused-ring (bicyclic) bond motifs is 4. The number of benzene rings is 1. The SMILES string of the molecule is CN1C(=O)[N+](CC(C)(C)C)(OC(=O)C(F)(F)F)C2=CC=C(N3CC4CCC3CN4C(=O)c3ccccc3C#N)[N+]=C21. The molecule has 1 radical (unpaired) electrons. The number of hydrogen-bond donors (Lipinski definition) is 0. The zero-order chi connectivity index (χ0) is 29.9. The summed E-state index contributed by atoms with van der Waals surface area (Å²) >= 11 is 0. The summed E-state index contributed by atoms with van der Waals surface area (Å²) in [6.07, 6.45) is -0.635. The van der Waals surface area contributed by atoms with E-state index in [2.05, 4.69) is 11.1 Å². The largest absolute Gasteiger partial charge is 0.529 e. The molecule has 1 aromatic rings.